The number of hydrogen-bond donors (Lipinski definition) is 1. The molecule has 36 heavy (non-hydrogen) atoms. The lowest BCUT2D eigenvalue weighted by atomic mass is 10.0. The number of ether oxygens (including phenoxy) is 2. The zero-order chi connectivity index (χ0) is 26.4. The Kier molecular flexibility index (Phi) is 9.03. The lowest BCUT2D eigenvalue weighted by Crippen LogP contribution is -2.48. The molecule has 0 unspecified atom stereocenters. The molecule has 1 aliphatic rings. The normalized spacial score (nSPS) is 21.1. The molecule has 0 saturated heterocycles. The van der Waals surface area contributed by atoms with Gasteiger partial charge in [0, 0.05) is 45.3 Å². The van der Waals surface area contributed by atoms with E-state index in [-0.39, 0.29) is 54.7 Å². The maximum Gasteiger partial charge on any atom is 0.257 e. The summed E-state index contributed by atoms with van der Waals surface area (Å²) in [5.41, 5.74) is 0.759. The van der Waals surface area contributed by atoms with Gasteiger partial charge in [0.15, 0.2) is 0 Å². The van der Waals surface area contributed by atoms with E-state index in [4.69, 9.17) is 9.47 Å². The maximum atomic E-state index is 14.5. The van der Waals surface area contributed by atoms with Crippen molar-refractivity contribution in [1.82, 2.24) is 9.80 Å². The van der Waals surface area contributed by atoms with Gasteiger partial charge in [-0.25, -0.2) is 4.39 Å². The van der Waals surface area contributed by atoms with E-state index in [1.807, 2.05) is 13.8 Å². The van der Waals surface area contributed by atoms with Gasteiger partial charge in [-0.3, -0.25) is 14.4 Å². The first-order valence-corrected chi connectivity index (χ1v) is 12.1. The van der Waals surface area contributed by atoms with E-state index in [1.54, 1.807) is 56.3 Å². The van der Waals surface area contributed by atoms with Gasteiger partial charge >= 0.3 is 0 Å². The number of methoxy groups -OCH3 is 1. The van der Waals surface area contributed by atoms with Gasteiger partial charge < -0.3 is 24.6 Å². The highest BCUT2D eigenvalue weighted by molar-refractivity contribution is 5.99. The van der Waals surface area contributed by atoms with Crippen LogP contribution in [-0.4, -0.2) is 73.5 Å². The van der Waals surface area contributed by atoms with Crippen LogP contribution in [0.15, 0.2) is 42.5 Å². The molecule has 8 nitrogen and oxygen atoms in total. The average Bonchev–Trinajstić information content (AvgIpc) is 2.87. The molecule has 3 rings (SSSR count). The van der Waals surface area contributed by atoms with Crippen molar-refractivity contribution in [2.75, 3.05) is 39.2 Å². The van der Waals surface area contributed by atoms with Crippen LogP contribution in [0.25, 0.3) is 0 Å². The molecule has 1 aliphatic heterocycles. The summed E-state index contributed by atoms with van der Waals surface area (Å²) in [5, 5.41) is 2.77. The molecule has 2 aromatic carbocycles. The Morgan fingerprint density at radius 1 is 1.17 bits per heavy atom. The molecule has 0 spiro atoms. The minimum absolute atomic E-state index is 0.0124. The van der Waals surface area contributed by atoms with Crippen LogP contribution < -0.4 is 10.1 Å². The van der Waals surface area contributed by atoms with Gasteiger partial charge in [-0.2, -0.15) is 0 Å². The molecule has 0 radical (unpaired) electrons. The highest BCUT2D eigenvalue weighted by Crippen LogP contribution is 2.27. The van der Waals surface area contributed by atoms with E-state index in [1.165, 1.54) is 17.0 Å². The minimum atomic E-state index is -0.588. The number of halogens is 1. The molecule has 0 aliphatic carbocycles. The molecule has 194 valence electrons. The van der Waals surface area contributed by atoms with E-state index in [2.05, 4.69) is 5.32 Å². The van der Waals surface area contributed by atoms with E-state index in [0.29, 0.717) is 17.9 Å². The fourth-order valence-electron chi connectivity index (χ4n) is 4.18. The molecule has 0 fully saturated rings. The maximum absolute atomic E-state index is 14.5. The Bertz CT molecular complexity index is 1110. The van der Waals surface area contributed by atoms with Crippen LogP contribution in [0.4, 0.5) is 10.1 Å². The summed E-state index contributed by atoms with van der Waals surface area (Å²) < 4.78 is 26.2. The monoisotopic (exact) mass is 499 g/mol. The smallest absolute Gasteiger partial charge is 0.257 e. The van der Waals surface area contributed by atoms with Crippen molar-refractivity contribution >= 4 is 23.4 Å². The number of benzene rings is 2. The fourth-order valence-corrected chi connectivity index (χ4v) is 4.18. The number of nitrogens with zero attached hydrogens (tertiary/aromatic N) is 2. The van der Waals surface area contributed by atoms with Crippen LogP contribution in [0.5, 0.6) is 5.75 Å². The van der Waals surface area contributed by atoms with Gasteiger partial charge in [0.05, 0.1) is 23.3 Å². The number of anilines is 1. The van der Waals surface area contributed by atoms with Gasteiger partial charge in [0.25, 0.3) is 11.8 Å². The number of fused-ring (bicyclic) bond motifs is 1. The number of amides is 3. The van der Waals surface area contributed by atoms with Crippen LogP contribution in [-0.2, 0) is 9.53 Å². The number of rotatable bonds is 4. The lowest BCUT2D eigenvalue weighted by Gasteiger charge is -2.36. The van der Waals surface area contributed by atoms with Crippen LogP contribution >= 0.6 is 0 Å². The summed E-state index contributed by atoms with van der Waals surface area (Å²) >= 11 is 0. The van der Waals surface area contributed by atoms with Crippen molar-refractivity contribution in [2.45, 2.75) is 39.3 Å². The molecule has 1 N–H and O–H groups in total. The van der Waals surface area contributed by atoms with Gasteiger partial charge in [0.1, 0.15) is 18.2 Å². The highest BCUT2D eigenvalue weighted by atomic mass is 19.1. The van der Waals surface area contributed by atoms with Crippen molar-refractivity contribution in [1.29, 1.82) is 0 Å². The summed E-state index contributed by atoms with van der Waals surface area (Å²) in [6, 6.07) is 10.3. The summed E-state index contributed by atoms with van der Waals surface area (Å²) in [5.74, 6) is -1.32. The quantitative estimate of drug-likeness (QED) is 0.691. The van der Waals surface area contributed by atoms with Gasteiger partial charge in [-0.05, 0) is 37.3 Å². The standard InChI is InChI=1S/C27H34FN3O5/c1-6-25(32)29-19-11-12-23-21(13-19)26(33)30(4)15-24(35-5)17(2)14-31(18(3)16-36-23)27(34)20-9-7-8-10-22(20)28/h7-13,17-18,24H,6,14-16H2,1-5H3,(H,29,32)/t17-,18+,24-/m0/s1. The predicted octanol–water partition coefficient (Wildman–Crippen LogP) is 3.82. The first-order valence-electron chi connectivity index (χ1n) is 12.1. The molecule has 3 atom stereocenters. The van der Waals surface area contributed by atoms with Gasteiger partial charge in [-0.15, -0.1) is 0 Å². The van der Waals surface area contributed by atoms with Crippen LogP contribution in [0.2, 0.25) is 0 Å². The van der Waals surface area contributed by atoms with Crippen molar-refractivity contribution in [3.05, 3.63) is 59.4 Å². The molecule has 0 bridgehead atoms. The number of likely N-dealkylation sites (N-methyl/N-ethyl adjacent to an activating group) is 1. The second-order valence-electron chi connectivity index (χ2n) is 9.15. The molecule has 3 amide bonds. The fraction of sp³-hybridized carbons (Fsp3) is 0.444. The van der Waals surface area contributed by atoms with Crippen LogP contribution in [0, 0.1) is 11.7 Å². The topological polar surface area (TPSA) is 88.2 Å². The van der Waals surface area contributed by atoms with E-state index in [9.17, 15) is 18.8 Å². The summed E-state index contributed by atoms with van der Waals surface area (Å²) in [4.78, 5) is 41.8. The Labute approximate surface area is 211 Å². The Hall–Kier alpha value is -3.46. The number of carbonyl (C=O) groups is 3. The molecule has 9 heteroatoms. The van der Waals surface area contributed by atoms with Crippen LogP contribution in [0.1, 0.15) is 47.9 Å². The summed E-state index contributed by atoms with van der Waals surface area (Å²) in [7, 11) is 3.23. The predicted molar refractivity (Wildman–Crippen MR) is 135 cm³/mol. The number of carbonyl (C=O) groups excluding carboxylic acids is 3. The summed E-state index contributed by atoms with van der Waals surface area (Å²) in [6.07, 6.45) is -0.0769. The molecule has 1 heterocycles. The third-order valence-electron chi connectivity index (χ3n) is 6.41. The SMILES string of the molecule is CCC(=O)Nc1ccc2c(c1)C(=O)N(C)C[C@H](OC)[C@@H](C)CN(C(=O)c1ccccc1F)[C@H](C)CO2. The molecular weight excluding hydrogens is 465 g/mol. The van der Waals surface area contributed by atoms with Crippen LogP contribution in [0.3, 0.4) is 0 Å². The zero-order valence-corrected chi connectivity index (χ0v) is 21.4. The Morgan fingerprint density at radius 2 is 1.89 bits per heavy atom. The molecular formula is C27H34FN3O5. The van der Waals surface area contributed by atoms with E-state index < -0.39 is 17.8 Å². The third kappa shape index (κ3) is 6.20. The van der Waals surface area contributed by atoms with E-state index >= 15 is 0 Å². The second kappa shape index (κ2) is 12.0. The molecule has 0 saturated carbocycles. The van der Waals surface area contributed by atoms with Crippen molar-refractivity contribution in [3.63, 3.8) is 0 Å². The van der Waals surface area contributed by atoms with Crippen molar-refractivity contribution < 1.29 is 28.2 Å². The molecule has 2 aromatic rings. The first-order chi connectivity index (χ1) is 17.2. The number of hydrogen-bond acceptors (Lipinski definition) is 5. The average molecular weight is 500 g/mol. The second-order valence-corrected chi connectivity index (χ2v) is 9.15. The largest absolute Gasteiger partial charge is 0.491 e. The summed E-state index contributed by atoms with van der Waals surface area (Å²) in [6.45, 7) is 6.12. The Morgan fingerprint density at radius 3 is 2.56 bits per heavy atom. The van der Waals surface area contributed by atoms with Gasteiger partial charge in [-0.1, -0.05) is 26.0 Å². The third-order valence-corrected chi connectivity index (χ3v) is 6.41. The van der Waals surface area contributed by atoms with Gasteiger partial charge in [0.2, 0.25) is 5.91 Å². The van der Waals surface area contributed by atoms with Crippen molar-refractivity contribution in [2.24, 2.45) is 5.92 Å². The number of nitrogens with one attached hydrogen (secondary N) is 1. The molecule has 0 aromatic heterocycles. The first kappa shape index (κ1) is 27.1. The lowest BCUT2D eigenvalue weighted by molar-refractivity contribution is -0.115. The minimum Gasteiger partial charge on any atom is -0.491 e. The highest BCUT2D eigenvalue weighted by Gasteiger charge is 2.31. The van der Waals surface area contributed by atoms with E-state index in [0.717, 1.165) is 0 Å². The zero-order valence-electron chi connectivity index (χ0n) is 21.4. The Balaban J connectivity index is 2.00. The van der Waals surface area contributed by atoms with Crippen molar-refractivity contribution in [3.8, 4) is 5.75 Å².